The predicted octanol–water partition coefficient (Wildman–Crippen LogP) is 4.02. The maximum absolute atomic E-state index is 12.6. The number of ketones is 1. The molecule has 5 nitrogen and oxygen atoms in total. The largest absolute Gasteiger partial charge is 0.433 e. The van der Waals surface area contributed by atoms with E-state index in [0.717, 1.165) is 18.3 Å². The van der Waals surface area contributed by atoms with Crippen molar-refractivity contribution in [2.24, 2.45) is 10.8 Å². The van der Waals surface area contributed by atoms with Gasteiger partial charge in [-0.2, -0.15) is 18.4 Å². The number of carbonyl (C=O) groups is 2. The van der Waals surface area contributed by atoms with Crippen LogP contribution in [0.4, 0.5) is 13.2 Å². The average Bonchev–Trinajstić information content (AvgIpc) is 2.61. The zero-order valence-electron chi connectivity index (χ0n) is 16.2. The van der Waals surface area contributed by atoms with E-state index >= 15 is 0 Å². The van der Waals surface area contributed by atoms with Gasteiger partial charge in [0.1, 0.15) is 11.8 Å². The quantitative estimate of drug-likeness (QED) is 0.774. The Hall–Kier alpha value is -2.69. The summed E-state index contributed by atoms with van der Waals surface area (Å²) in [5, 5.41) is 9.23. The molecule has 0 aromatic carbocycles. The number of allylic oxidation sites excluding steroid dienone is 2. The van der Waals surface area contributed by atoms with Crippen molar-refractivity contribution < 1.29 is 22.8 Å². The molecule has 1 atom stereocenters. The minimum Gasteiger partial charge on any atom is -0.342 e. The Balaban J connectivity index is 2.10. The van der Waals surface area contributed by atoms with E-state index in [2.05, 4.69) is 4.98 Å². The van der Waals surface area contributed by atoms with E-state index < -0.39 is 28.6 Å². The number of nitriles is 1. The first-order valence-electron chi connectivity index (χ1n) is 8.76. The molecule has 28 heavy (non-hydrogen) atoms. The van der Waals surface area contributed by atoms with Crippen molar-refractivity contribution in [3.63, 3.8) is 0 Å². The van der Waals surface area contributed by atoms with Crippen LogP contribution in [0.3, 0.4) is 0 Å². The van der Waals surface area contributed by atoms with E-state index in [9.17, 15) is 28.0 Å². The highest BCUT2D eigenvalue weighted by molar-refractivity contribution is 6.03. The molecule has 1 heterocycles. The molecule has 0 bridgehead atoms. The SMILES string of the molecule is CN(CC[C@]1(C)C=C(C#N)C(=O)C(C)(C)C1)C(=O)c1ccc(C(F)(F)F)nc1. The molecule has 0 unspecified atom stereocenters. The van der Waals surface area contributed by atoms with Crippen molar-refractivity contribution in [3.8, 4) is 6.07 Å². The fraction of sp³-hybridized carbons (Fsp3) is 0.500. The number of rotatable bonds is 4. The van der Waals surface area contributed by atoms with Gasteiger partial charge in [-0.15, -0.1) is 0 Å². The molecule has 2 rings (SSSR count). The van der Waals surface area contributed by atoms with Gasteiger partial charge in [0.05, 0.1) is 11.1 Å². The summed E-state index contributed by atoms with van der Waals surface area (Å²) >= 11 is 0. The van der Waals surface area contributed by atoms with Crippen LogP contribution in [0.2, 0.25) is 0 Å². The van der Waals surface area contributed by atoms with Crippen molar-refractivity contribution in [3.05, 3.63) is 41.2 Å². The molecule has 1 aliphatic rings. The highest BCUT2D eigenvalue weighted by Gasteiger charge is 2.42. The van der Waals surface area contributed by atoms with Crippen molar-refractivity contribution in [2.75, 3.05) is 13.6 Å². The first-order valence-corrected chi connectivity index (χ1v) is 8.76. The molecular formula is C20H22F3N3O2. The van der Waals surface area contributed by atoms with Crippen LogP contribution in [0.25, 0.3) is 0 Å². The van der Waals surface area contributed by atoms with Gasteiger partial charge >= 0.3 is 6.18 Å². The van der Waals surface area contributed by atoms with Gasteiger partial charge in [-0.05, 0) is 30.4 Å². The molecule has 1 aromatic rings. The summed E-state index contributed by atoms with van der Waals surface area (Å²) in [4.78, 5) is 29.4. The second kappa shape index (κ2) is 7.38. The van der Waals surface area contributed by atoms with Crippen LogP contribution in [0.1, 0.15) is 49.7 Å². The number of hydrogen-bond donors (Lipinski definition) is 0. The minimum atomic E-state index is -4.56. The first-order chi connectivity index (χ1) is 12.8. The number of aromatic nitrogens is 1. The molecule has 1 aromatic heterocycles. The summed E-state index contributed by atoms with van der Waals surface area (Å²) in [5.74, 6) is -0.631. The number of pyridine rings is 1. The molecule has 0 saturated heterocycles. The van der Waals surface area contributed by atoms with Gasteiger partial charge in [0.25, 0.3) is 5.91 Å². The Kier molecular flexibility index (Phi) is 5.69. The van der Waals surface area contributed by atoms with Gasteiger partial charge in [-0.25, -0.2) is 0 Å². The van der Waals surface area contributed by atoms with Gasteiger partial charge in [0, 0.05) is 25.2 Å². The Morgan fingerprint density at radius 1 is 1.32 bits per heavy atom. The smallest absolute Gasteiger partial charge is 0.342 e. The fourth-order valence-corrected chi connectivity index (χ4v) is 3.60. The molecule has 1 aliphatic carbocycles. The lowest BCUT2D eigenvalue weighted by Crippen LogP contribution is -2.39. The lowest BCUT2D eigenvalue weighted by molar-refractivity contribution is -0.141. The van der Waals surface area contributed by atoms with Crippen molar-refractivity contribution in [2.45, 2.75) is 39.8 Å². The maximum Gasteiger partial charge on any atom is 0.433 e. The highest BCUT2D eigenvalue weighted by Crippen LogP contribution is 2.44. The number of amides is 1. The van der Waals surface area contributed by atoms with Gasteiger partial charge < -0.3 is 4.90 Å². The third kappa shape index (κ3) is 4.58. The number of alkyl halides is 3. The Morgan fingerprint density at radius 2 is 1.96 bits per heavy atom. The zero-order chi connectivity index (χ0) is 21.3. The van der Waals surface area contributed by atoms with E-state index in [-0.39, 0.29) is 16.9 Å². The zero-order valence-corrected chi connectivity index (χ0v) is 16.2. The molecule has 150 valence electrons. The summed E-state index contributed by atoms with van der Waals surface area (Å²) in [6.07, 6.45) is -0.935. The highest BCUT2D eigenvalue weighted by atomic mass is 19.4. The average molecular weight is 393 g/mol. The topological polar surface area (TPSA) is 74.1 Å². The Morgan fingerprint density at radius 3 is 2.46 bits per heavy atom. The van der Waals surface area contributed by atoms with E-state index in [4.69, 9.17) is 0 Å². The molecule has 0 aliphatic heterocycles. The van der Waals surface area contributed by atoms with Gasteiger partial charge in [-0.1, -0.05) is 26.8 Å². The van der Waals surface area contributed by atoms with Crippen LogP contribution in [-0.2, 0) is 11.0 Å². The summed E-state index contributed by atoms with van der Waals surface area (Å²) in [7, 11) is 1.55. The maximum atomic E-state index is 12.6. The summed E-state index contributed by atoms with van der Waals surface area (Å²) < 4.78 is 37.8. The lowest BCUT2D eigenvalue weighted by atomic mass is 9.64. The minimum absolute atomic E-state index is 0.0630. The molecule has 0 fully saturated rings. The third-order valence-electron chi connectivity index (χ3n) is 4.98. The van der Waals surface area contributed by atoms with Crippen LogP contribution >= 0.6 is 0 Å². The monoisotopic (exact) mass is 393 g/mol. The predicted molar refractivity (Wildman–Crippen MR) is 96.0 cm³/mol. The van der Waals surface area contributed by atoms with Crippen molar-refractivity contribution in [1.29, 1.82) is 5.26 Å². The lowest BCUT2D eigenvalue weighted by Gasteiger charge is -2.39. The molecule has 1 amide bonds. The molecule has 0 saturated carbocycles. The molecular weight excluding hydrogens is 371 g/mol. The Bertz CT molecular complexity index is 851. The van der Waals surface area contributed by atoms with Crippen LogP contribution in [0.5, 0.6) is 0 Å². The molecule has 0 N–H and O–H groups in total. The van der Waals surface area contributed by atoms with Gasteiger partial charge in [0.15, 0.2) is 5.78 Å². The molecule has 8 heteroatoms. The fourth-order valence-electron chi connectivity index (χ4n) is 3.60. The molecule has 0 spiro atoms. The van der Waals surface area contributed by atoms with E-state index in [1.165, 1.54) is 4.90 Å². The van der Waals surface area contributed by atoms with Crippen LogP contribution in [-0.4, -0.2) is 35.2 Å². The first kappa shape index (κ1) is 21.6. The summed E-state index contributed by atoms with van der Waals surface area (Å²) in [5.41, 5.74) is -1.99. The van der Waals surface area contributed by atoms with E-state index in [1.54, 1.807) is 27.0 Å². The number of carbonyl (C=O) groups excluding carboxylic acids is 2. The second-order valence-corrected chi connectivity index (χ2v) is 8.12. The summed E-state index contributed by atoms with van der Waals surface area (Å²) in [6.45, 7) is 5.83. The molecule has 0 radical (unpaired) electrons. The van der Waals surface area contributed by atoms with Crippen LogP contribution < -0.4 is 0 Å². The number of halogens is 3. The van der Waals surface area contributed by atoms with Gasteiger partial charge in [0.2, 0.25) is 0 Å². The second-order valence-electron chi connectivity index (χ2n) is 8.12. The van der Waals surface area contributed by atoms with Crippen molar-refractivity contribution >= 4 is 11.7 Å². The van der Waals surface area contributed by atoms with Crippen LogP contribution in [0, 0.1) is 22.2 Å². The number of hydrogen-bond acceptors (Lipinski definition) is 4. The number of Topliss-reactive ketones (excluding diaryl/α,β-unsaturated/α-hetero) is 1. The number of nitrogens with zero attached hydrogens (tertiary/aromatic N) is 3. The van der Waals surface area contributed by atoms with Crippen LogP contribution in [0.15, 0.2) is 30.0 Å². The Labute approximate surface area is 161 Å². The normalized spacial score (nSPS) is 21.6. The van der Waals surface area contributed by atoms with E-state index in [1.807, 2.05) is 13.0 Å². The standard InChI is InChI=1S/C20H22F3N3O2/c1-18(2)12-19(3,9-14(10-24)16(18)27)7-8-26(4)17(28)13-5-6-15(25-11-13)20(21,22)23/h5-6,9,11H,7-8,12H2,1-4H3/t19-/m1/s1. The third-order valence-corrected chi connectivity index (χ3v) is 4.98. The van der Waals surface area contributed by atoms with E-state index in [0.29, 0.717) is 19.4 Å². The van der Waals surface area contributed by atoms with Crippen molar-refractivity contribution in [1.82, 2.24) is 9.88 Å². The van der Waals surface area contributed by atoms with Gasteiger partial charge in [-0.3, -0.25) is 14.6 Å². The summed E-state index contributed by atoms with van der Waals surface area (Å²) in [6, 6.07) is 3.83.